The van der Waals surface area contributed by atoms with Gasteiger partial charge in [-0.25, -0.2) is 0 Å². The number of H-pyrrole nitrogens is 1. The molecule has 58 valence electrons. The number of nitriles is 1. The van der Waals surface area contributed by atoms with E-state index < -0.39 is 0 Å². The molecule has 0 radical (unpaired) electrons. The summed E-state index contributed by atoms with van der Waals surface area (Å²) in [6.07, 6.45) is 0. The molecule has 3 nitrogen and oxygen atoms in total. The van der Waals surface area contributed by atoms with Gasteiger partial charge in [-0.2, -0.15) is 5.26 Å². The highest BCUT2D eigenvalue weighted by Gasteiger charge is 2.02. The number of rotatable bonds is 0. The minimum absolute atomic E-state index is 0.199. The van der Waals surface area contributed by atoms with Crippen molar-refractivity contribution < 1.29 is 5.11 Å². The Morgan fingerprint density at radius 1 is 1.42 bits per heavy atom. The maximum atomic E-state index is 9.35. The van der Waals surface area contributed by atoms with E-state index in [0.29, 0.717) is 11.1 Å². The molecule has 0 saturated heterocycles. The van der Waals surface area contributed by atoms with Crippen LogP contribution < -0.4 is 0 Å². The number of nitrogens with zero attached hydrogens (tertiary/aromatic N) is 1. The highest BCUT2D eigenvalue weighted by molar-refractivity contribution is 5.86. The first-order valence-electron chi connectivity index (χ1n) is 3.52. The minimum Gasteiger partial charge on any atom is -0.507 e. The Bertz CT molecular complexity index is 465. The van der Waals surface area contributed by atoms with E-state index >= 15 is 0 Å². The van der Waals surface area contributed by atoms with E-state index in [1.54, 1.807) is 18.2 Å². The molecule has 0 amide bonds. The molecule has 2 N–H and O–H groups in total. The Hall–Kier alpha value is -1.95. The van der Waals surface area contributed by atoms with E-state index in [-0.39, 0.29) is 5.75 Å². The number of aromatic hydroxyl groups is 1. The smallest absolute Gasteiger partial charge is 0.124 e. The molecule has 0 aliphatic carbocycles. The molecule has 0 aliphatic heterocycles. The van der Waals surface area contributed by atoms with E-state index in [1.165, 1.54) is 0 Å². The van der Waals surface area contributed by atoms with Crippen LogP contribution in [0.15, 0.2) is 24.3 Å². The van der Waals surface area contributed by atoms with Crippen LogP contribution in [0.3, 0.4) is 0 Å². The van der Waals surface area contributed by atoms with Crippen LogP contribution in [-0.4, -0.2) is 10.1 Å². The average Bonchev–Trinajstić information content (AvgIpc) is 2.49. The molecule has 2 rings (SSSR count). The van der Waals surface area contributed by atoms with Crippen LogP contribution >= 0.6 is 0 Å². The highest BCUT2D eigenvalue weighted by Crippen LogP contribution is 2.24. The van der Waals surface area contributed by atoms with E-state index in [2.05, 4.69) is 4.98 Å². The van der Waals surface area contributed by atoms with Crippen molar-refractivity contribution in [2.75, 3.05) is 0 Å². The zero-order valence-electron chi connectivity index (χ0n) is 6.20. The SMILES string of the molecule is N#Cc1cc2c(O)cccc2[nH]1. The summed E-state index contributed by atoms with van der Waals surface area (Å²) >= 11 is 0. The fraction of sp³-hybridized carbons (Fsp3) is 0. The largest absolute Gasteiger partial charge is 0.507 e. The lowest BCUT2D eigenvalue weighted by Crippen LogP contribution is -1.68. The van der Waals surface area contributed by atoms with Gasteiger partial charge in [0.15, 0.2) is 0 Å². The third-order valence-corrected chi connectivity index (χ3v) is 1.76. The summed E-state index contributed by atoms with van der Waals surface area (Å²) in [6.45, 7) is 0. The van der Waals surface area contributed by atoms with Gasteiger partial charge in [0.05, 0.1) is 5.52 Å². The molecular formula is C9H6N2O. The quantitative estimate of drug-likeness (QED) is 0.613. The summed E-state index contributed by atoms with van der Waals surface area (Å²) in [6, 6.07) is 8.75. The molecule has 0 aliphatic rings. The molecule has 0 spiro atoms. The number of hydrogen-bond donors (Lipinski definition) is 2. The van der Waals surface area contributed by atoms with Gasteiger partial charge in [0, 0.05) is 5.39 Å². The Morgan fingerprint density at radius 3 is 2.92 bits per heavy atom. The molecule has 0 unspecified atom stereocenters. The first kappa shape index (κ1) is 6.74. The number of hydrogen-bond acceptors (Lipinski definition) is 2. The molecule has 1 aromatic carbocycles. The van der Waals surface area contributed by atoms with E-state index in [0.717, 1.165) is 5.52 Å². The zero-order chi connectivity index (χ0) is 8.55. The van der Waals surface area contributed by atoms with Crippen molar-refractivity contribution in [2.24, 2.45) is 0 Å². The van der Waals surface area contributed by atoms with Crippen molar-refractivity contribution in [3.63, 3.8) is 0 Å². The molecule has 1 aromatic heterocycles. The van der Waals surface area contributed by atoms with Crippen molar-refractivity contribution in [1.82, 2.24) is 4.98 Å². The van der Waals surface area contributed by atoms with Crippen LogP contribution in [-0.2, 0) is 0 Å². The Morgan fingerprint density at radius 2 is 2.25 bits per heavy atom. The summed E-state index contributed by atoms with van der Waals surface area (Å²) in [4.78, 5) is 2.86. The van der Waals surface area contributed by atoms with Crippen molar-refractivity contribution in [2.45, 2.75) is 0 Å². The van der Waals surface area contributed by atoms with Gasteiger partial charge in [0.2, 0.25) is 0 Å². The summed E-state index contributed by atoms with van der Waals surface area (Å²) in [5.74, 6) is 0.199. The number of nitrogens with one attached hydrogen (secondary N) is 1. The lowest BCUT2D eigenvalue weighted by atomic mass is 10.2. The number of aromatic amines is 1. The number of phenols is 1. The molecule has 3 heteroatoms. The topological polar surface area (TPSA) is 59.8 Å². The first-order valence-corrected chi connectivity index (χ1v) is 3.52. The van der Waals surface area contributed by atoms with Crippen LogP contribution in [0.25, 0.3) is 10.9 Å². The lowest BCUT2D eigenvalue weighted by molar-refractivity contribution is 0.482. The van der Waals surface area contributed by atoms with Crippen LogP contribution in [0.4, 0.5) is 0 Å². The maximum Gasteiger partial charge on any atom is 0.124 e. The first-order chi connectivity index (χ1) is 5.81. The van der Waals surface area contributed by atoms with Crippen LogP contribution in [0.1, 0.15) is 5.69 Å². The van der Waals surface area contributed by atoms with Crippen LogP contribution in [0.5, 0.6) is 5.75 Å². The molecular weight excluding hydrogens is 152 g/mol. The normalized spacial score (nSPS) is 9.92. The van der Waals surface area contributed by atoms with E-state index in [4.69, 9.17) is 5.26 Å². The highest BCUT2D eigenvalue weighted by atomic mass is 16.3. The Labute approximate surface area is 68.9 Å². The number of phenolic OH excluding ortho intramolecular Hbond substituents is 1. The summed E-state index contributed by atoms with van der Waals surface area (Å²) < 4.78 is 0. The number of benzene rings is 1. The predicted octanol–water partition coefficient (Wildman–Crippen LogP) is 1.75. The van der Waals surface area contributed by atoms with Gasteiger partial charge in [0.25, 0.3) is 0 Å². The van der Waals surface area contributed by atoms with Gasteiger partial charge in [-0.1, -0.05) is 6.07 Å². The van der Waals surface area contributed by atoms with E-state index in [1.807, 2.05) is 12.1 Å². The monoisotopic (exact) mass is 158 g/mol. The fourth-order valence-corrected chi connectivity index (χ4v) is 1.20. The molecule has 0 bridgehead atoms. The lowest BCUT2D eigenvalue weighted by Gasteiger charge is -1.90. The third kappa shape index (κ3) is 0.823. The third-order valence-electron chi connectivity index (χ3n) is 1.76. The van der Waals surface area contributed by atoms with Crippen molar-refractivity contribution in [1.29, 1.82) is 5.26 Å². The second-order valence-corrected chi connectivity index (χ2v) is 2.53. The number of fused-ring (bicyclic) bond motifs is 1. The van der Waals surface area contributed by atoms with Gasteiger partial charge in [0.1, 0.15) is 17.5 Å². The molecule has 0 saturated carbocycles. The molecule has 1 heterocycles. The Balaban J connectivity index is 2.85. The van der Waals surface area contributed by atoms with Gasteiger partial charge in [-0.15, -0.1) is 0 Å². The predicted molar refractivity (Wildman–Crippen MR) is 44.7 cm³/mol. The van der Waals surface area contributed by atoms with Crippen LogP contribution in [0.2, 0.25) is 0 Å². The maximum absolute atomic E-state index is 9.35. The van der Waals surface area contributed by atoms with Gasteiger partial charge in [-0.05, 0) is 18.2 Å². The molecule has 0 atom stereocenters. The summed E-state index contributed by atoms with van der Waals surface area (Å²) in [5, 5.41) is 18.6. The van der Waals surface area contributed by atoms with Gasteiger partial charge in [-0.3, -0.25) is 0 Å². The Kier molecular flexibility index (Phi) is 1.28. The van der Waals surface area contributed by atoms with E-state index in [9.17, 15) is 5.11 Å². The average molecular weight is 158 g/mol. The number of aromatic nitrogens is 1. The minimum atomic E-state index is 0.199. The van der Waals surface area contributed by atoms with Crippen LogP contribution in [0, 0.1) is 11.3 Å². The van der Waals surface area contributed by atoms with Gasteiger partial charge < -0.3 is 10.1 Å². The second-order valence-electron chi connectivity index (χ2n) is 2.53. The van der Waals surface area contributed by atoms with Crippen molar-refractivity contribution >= 4 is 10.9 Å². The fourth-order valence-electron chi connectivity index (χ4n) is 1.20. The summed E-state index contributed by atoms with van der Waals surface area (Å²) in [7, 11) is 0. The summed E-state index contributed by atoms with van der Waals surface area (Å²) in [5.41, 5.74) is 1.25. The van der Waals surface area contributed by atoms with Gasteiger partial charge >= 0.3 is 0 Å². The standard InChI is InChI=1S/C9H6N2O/c10-5-6-4-7-8(11-6)2-1-3-9(7)12/h1-4,11-12H. The molecule has 0 fully saturated rings. The van der Waals surface area contributed by atoms with Crippen molar-refractivity contribution in [3.8, 4) is 11.8 Å². The second kappa shape index (κ2) is 2.28. The molecule has 12 heavy (non-hydrogen) atoms. The molecule has 2 aromatic rings. The zero-order valence-corrected chi connectivity index (χ0v) is 6.20. The van der Waals surface area contributed by atoms with Crippen molar-refractivity contribution in [3.05, 3.63) is 30.0 Å².